The van der Waals surface area contributed by atoms with Crippen molar-refractivity contribution in [2.75, 3.05) is 6.54 Å². The first-order valence-corrected chi connectivity index (χ1v) is 7.24. The molecule has 1 aliphatic carbocycles. The third-order valence-electron chi connectivity index (χ3n) is 3.33. The number of carboxylic acids is 1. The summed E-state index contributed by atoms with van der Waals surface area (Å²) in [5.41, 5.74) is -0.686. The van der Waals surface area contributed by atoms with E-state index >= 15 is 0 Å². The standard InChI is InChI=1S/C12H14FNO4S/c1-8-6-9(13)2-3-10(8)19(17,18)14-7-12(4-5-12)11(15)16/h2-3,6,14H,4-5,7H2,1H3,(H,15,16). The average molecular weight is 287 g/mol. The van der Waals surface area contributed by atoms with E-state index in [1.54, 1.807) is 0 Å². The summed E-state index contributed by atoms with van der Waals surface area (Å²) in [5.74, 6) is -1.51. The molecule has 0 radical (unpaired) electrons. The molecular formula is C12H14FNO4S. The van der Waals surface area contributed by atoms with Crippen molar-refractivity contribution >= 4 is 16.0 Å². The molecule has 104 valence electrons. The molecule has 0 spiro atoms. The molecule has 2 N–H and O–H groups in total. The second kappa shape index (κ2) is 4.57. The molecule has 1 saturated carbocycles. The average Bonchev–Trinajstić information content (AvgIpc) is 3.07. The summed E-state index contributed by atoms with van der Waals surface area (Å²) in [6.45, 7) is 1.35. The summed E-state index contributed by atoms with van der Waals surface area (Å²) in [6.07, 6.45) is 0.931. The van der Waals surface area contributed by atoms with Gasteiger partial charge in [-0.3, -0.25) is 4.79 Å². The Morgan fingerprint density at radius 2 is 2.11 bits per heavy atom. The normalized spacial score (nSPS) is 17.2. The Morgan fingerprint density at radius 3 is 2.58 bits per heavy atom. The Labute approximate surface area is 110 Å². The quantitative estimate of drug-likeness (QED) is 0.854. The van der Waals surface area contributed by atoms with Gasteiger partial charge in [-0.2, -0.15) is 0 Å². The van der Waals surface area contributed by atoms with Crippen LogP contribution in [-0.2, 0) is 14.8 Å². The highest BCUT2D eigenvalue weighted by molar-refractivity contribution is 7.89. The van der Waals surface area contributed by atoms with E-state index in [-0.39, 0.29) is 17.0 Å². The van der Waals surface area contributed by atoms with Gasteiger partial charge in [0.15, 0.2) is 0 Å². The van der Waals surface area contributed by atoms with Crippen LogP contribution in [0.1, 0.15) is 18.4 Å². The number of aryl methyl sites for hydroxylation is 1. The predicted molar refractivity (Wildman–Crippen MR) is 65.6 cm³/mol. The highest BCUT2D eigenvalue weighted by Gasteiger charge is 2.50. The molecule has 1 aromatic rings. The van der Waals surface area contributed by atoms with Crippen molar-refractivity contribution in [3.63, 3.8) is 0 Å². The number of hydrogen-bond donors (Lipinski definition) is 2. The van der Waals surface area contributed by atoms with E-state index in [1.807, 2.05) is 0 Å². The molecule has 1 fully saturated rings. The Bertz CT molecular complexity index is 623. The van der Waals surface area contributed by atoms with E-state index in [0.29, 0.717) is 12.8 Å². The Kier molecular flexibility index (Phi) is 3.36. The van der Waals surface area contributed by atoms with Gasteiger partial charge in [-0.25, -0.2) is 17.5 Å². The molecule has 2 rings (SSSR count). The van der Waals surface area contributed by atoms with Crippen LogP contribution in [0.3, 0.4) is 0 Å². The van der Waals surface area contributed by atoms with Gasteiger partial charge >= 0.3 is 5.97 Å². The van der Waals surface area contributed by atoms with Crippen molar-refractivity contribution in [3.8, 4) is 0 Å². The van der Waals surface area contributed by atoms with E-state index in [0.717, 1.165) is 12.1 Å². The van der Waals surface area contributed by atoms with Crippen LogP contribution in [0.2, 0.25) is 0 Å². The van der Waals surface area contributed by atoms with E-state index in [4.69, 9.17) is 5.11 Å². The lowest BCUT2D eigenvalue weighted by Gasteiger charge is -2.13. The molecule has 0 saturated heterocycles. The topological polar surface area (TPSA) is 83.5 Å². The van der Waals surface area contributed by atoms with Crippen molar-refractivity contribution < 1.29 is 22.7 Å². The fourth-order valence-corrected chi connectivity index (χ4v) is 3.19. The zero-order valence-electron chi connectivity index (χ0n) is 10.3. The number of rotatable bonds is 5. The van der Waals surface area contributed by atoms with Crippen molar-refractivity contribution in [1.82, 2.24) is 4.72 Å². The predicted octanol–water partition coefficient (Wildman–Crippen LogP) is 1.28. The summed E-state index contributed by atoms with van der Waals surface area (Å²) in [4.78, 5) is 10.9. The first-order valence-electron chi connectivity index (χ1n) is 5.76. The van der Waals surface area contributed by atoms with Gasteiger partial charge < -0.3 is 5.11 Å². The fraction of sp³-hybridized carbons (Fsp3) is 0.417. The highest BCUT2D eigenvalue weighted by atomic mass is 32.2. The van der Waals surface area contributed by atoms with Crippen LogP contribution in [0.25, 0.3) is 0 Å². The van der Waals surface area contributed by atoms with Crippen LogP contribution in [0.15, 0.2) is 23.1 Å². The van der Waals surface area contributed by atoms with Gasteiger partial charge in [0.25, 0.3) is 0 Å². The third-order valence-corrected chi connectivity index (χ3v) is 4.90. The monoisotopic (exact) mass is 287 g/mol. The summed E-state index contributed by atoms with van der Waals surface area (Å²) in [5, 5.41) is 8.98. The van der Waals surface area contributed by atoms with E-state index < -0.39 is 27.2 Å². The lowest BCUT2D eigenvalue weighted by atomic mass is 10.1. The van der Waals surface area contributed by atoms with Crippen molar-refractivity contribution in [2.45, 2.75) is 24.7 Å². The summed E-state index contributed by atoms with van der Waals surface area (Å²) < 4.78 is 39.3. The maximum atomic E-state index is 12.9. The van der Waals surface area contributed by atoms with Crippen LogP contribution in [0.4, 0.5) is 4.39 Å². The lowest BCUT2D eigenvalue weighted by Crippen LogP contribution is -2.34. The second-order valence-electron chi connectivity index (χ2n) is 4.82. The van der Waals surface area contributed by atoms with Crippen LogP contribution in [0, 0.1) is 18.2 Å². The Morgan fingerprint density at radius 1 is 1.47 bits per heavy atom. The van der Waals surface area contributed by atoms with Gasteiger partial charge in [0.2, 0.25) is 10.0 Å². The number of nitrogens with one attached hydrogen (secondary N) is 1. The SMILES string of the molecule is Cc1cc(F)ccc1S(=O)(=O)NCC1(C(=O)O)CC1. The number of halogens is 1. The van der Waals surface area contributed by atoms with Crippen LogP contribution >= 0.6 is 0 Å². The fourth-order valence-electron chi connectivity index (χ4n) is 1.84. The van der Waals surface area contributed by atoms with E-state index in [9.17, 15) is 17.6 Å². The minimum absolute atomic E-state index is 0.0323. The van der Waals surface area contributed by atoms with Crippen LogP contribution in [-0.4, -0.2) is 26.0 Å². The van der Waals surface area contributed by atoms with Crippen LogP contribution in [0.5, 0.6) is 0 Å². The second-order valence-corrected chi connectivity index (χ2v) is 6.56. The van der Waals surface area contributed by atoms with Crippen LogP contribution < -0.4 is 4.72 Å². The summed E-state index contributed by atoms with van der Waals surface area (Å²) in [6, 6.07) is 3.36. The maximum absolute atomic E-state index is 12.9. The number of carbonyl (C=O) groups is 1. The number of carboxylic acid groups (broad SMARTS) is 1. The van der Waals surface area contributed by atoms with Gasteiger partial charge in [-0.05, 0) is 43.5 Å². The molecular weight excluding hydrogens is 273 g/mol. The largest absolute Gasteiger partial charge is 0.481 e. The van der Waals surface area contributed by atoms with Gasteiger partial charge in [0, 0.05) is 6.54 Å². The maximum Gasteiger partial charge on any atom is 0.310 e. The molecule has 0 aliphatic heterocycles. The molecule has 5 nitrogen and oxygen atoms in total. The summed E-state index contributed by atoms with van der Waals surface area (Å²) in [7, 11) is -3.81. The zero-order valence-corrected chi connectivity index (χ0v) is 11.1. The number of aliphatic carboxylic acids is 1. The van der Waals surface area contributed by atoms with Crippen molar-refractivity contribution in [3.05, 3.63) is 29.6 Å². The smallest absolute Gasteiger partial charge is 0.310 e. The molecule has 0 aromatic heterocycles. The zero-order chi connectivity index (χ0) is 14.3. The molecule has 0 amide bonds. The molecule has 0 atom stereocenters. The van der Waals surface area contributed by atoms with Gasteiger partial charge in [0.05, 0.1) is 10.3 Å². The first kappa shape index (κ1) is 14.0. The molecule has 19 heavy (non-hydrogen) atoms. The first-order chi connectivity index (χ1) is 8.77. The molecule has 1 aromatic carbocycles. The number of hydrogen-bond acceptors (Lipinski definition) is 3. The summed E-state index contributed by atoms with van der Waals surface area (Å²) >= 11 is 0. The molecule has 0 bridgehead atoms. The molecule has 0 unspecified atom stereocenters. The minimum Gasteiger partial charge on any atom is -0.481 e. The van der Waals surface area contributed by atoms with Crippen molar-refractivity contribution in [2.24, 2.45) is 5.41 Å². The lowest BCUT2D eigenvalue weighted by molar-refractivity contribution is -0.143. The molecule has 7 heteroatoms. The number of sulfonamides is 1. The van der Waals surface area contributed by atoms with Gasteiger partial charge in [-0.1, -0.05) is 0 Å². The number of benzene rings is 1. The highest BCUT2D eigenvalue weighted by Crippen LogP contribution is 2.45. The Balaban J connectivity index is 2.17. The van der Waals surface area contributed by atoms with E-state index in [1.165, 1.54) is 13.0 Å². The van der Waals surface area contributed by atoms with Gasteiger partial charge in [0.1, 0.15) is 5.82 Å². The van der Waals surface area contributed by atoms with E-state index in [2.05, 4.69) is 4.72 Å². The third kappa shape index (κ3) is 2.76. The molecule has 1 aliphatic rings. The molecule has 0 heterocycles. The van der Waals surface area contributed by atoms with Crippen molar-refractivity contribution in [1.29, 1.82) is 0 Å². The Hall–Kier alpha value is -1.47. The minimum atomic E-state index is -3.81. The van der Waals surface area contributed by atoms with Gasteiger partial charge in [-0.15, -0.1) is 0 Å².